The summed E-state index contributed by atoms with van der Waals surface area (Å²) < 4.78 is 15.8. The van der Waals surface area contributed by atoms with E-state index in [-0.39, 0.29) is 5.82 Å². The fourth-order valence-electron chi connectivity index (χ4n) is 3.27. The molecule has 1 aromatic heterocycles. The first kappa shape index (κ1) is 18.2. The lowest BCUT2D eigenvalue weighted by Gasteiger charge is -2.14. The smallest absolute Gasteiger partial charge is 0.251 e. The summed E-state index contributed by atoms with van der Waals surface area (Å²) in [4.78, 5) is 14.2. The van der Waals surface area contributed by atoms with Gasteiger partial charge in [-0.25, -0.2) is 4.39 Å². The van der Waals surface area contributed by atoms with E-state index in [1.54, 1.807) is 6.07 Å². The van der Waals surface area contributed by atoms with E-state index in [2.05, 4.69) is 9.47 Å². The van der Waals surface area contributed by atoms with Gasteiger partial charge in [-0.3, -0.25) is 4.79 Å². The first-order valence-electron chi connectivity index (χ1n) is 8.29. The van der Waals surface area contributed by atoms with E-state index in [1.807, 2.05) is 34.0 Å². The van der Waals surface area contributed by atoms with Crippen molar-refractivity contribution >= 4 is 5.91 Å². The zero-order chi connectivity index (χ0) is 17.9. The molecule has 0 unspecified atom stereocenters. The third-order valence-electron chi connectivity index (χ3n) is 4.31. The molecule has 1 amide bonds. The molecule has 0 saturated heterocycles. The Bertz CT molecular complexity index is 734. The molecule has 0 aliphatic carbocycles. The predicted octanol–water partition coefficient (Wildman–Crippen LogP) is 3.22. The second-order valence-electron chi connectivity index (χ2n) is 6.32. The van der Waals surface area contributed by atoms with Crippen LogP contribution in [0.4, 0.5) is 4.39 Å². The maximum absolute atomic E-state index is 13.7. The van der Waals surface area contributed by atoms with E-state index in [4.69, 9.17) is 5.73 Å². The molecule has 1 aromatic carbocycles. The molecule has 0 atom stereocenters. The topological polar surface area (TPSA) is 51.3 Å². The van der Waals surface area contributed by atoms with E-state index in [0.717, 1.165) is 42.9 Å². The maximum atomic E-state index is 13.7. The standard InChI is InChI=1S/C19H26FN3O/c1-5-16-18(14-8-6-9-15(20)12-14)17(19(21)24)13(2)23(16)11-7-10-22(3)4/h6,8-9,12H,5,7,10-11H2,1-4H3,(H2,21,24). The van der Waals surface area contributed by atoms with Gasteiger partial charge in [-0.05, 0) is 58.1 Å². The van der Waals surface area contributed by atoms with Gasteiger partial charge in [-0.15, -0.1) is 0 Å². The number of hydrogen-bond donors (Lipinski definition) is 1. The number of amides is 1. The van der Waals surface area contributed by atoms with Crippen LogP contribution in [0.1, 0.15) is 35.1 Å². The van der Waals surface area contributed by atoms with Gasteiger partial charge < -0.3 is 15.2 Å². The maximum Gasteiger partial charge on any atom is 0.251 e. The number of carbonyl (C=O) groups excluding carboxylic acids is 1. The molecule has 5 heteroatoms. The van der Waals surface area contributed by atoms with Gasteiger partial charge in [0, 0.05) is 23.5 Å². The van der Waals surface area contributed by atoms with Crippen molar-refractivity contribution in [2.24, 2.45) is 5.73 Å². The average molecular weight is 331 g/mol. The second-order valence-corrected chi connectivity index (χ2v) is 6.32. The normalized spacial score (nSPS) is 11.2. The van der Waals surface area contributed by atoms with Crippen LogP contribution in [0.3, 0.4) is 0 Å². The summed E-state index contributed by atoms with van der Waals surface area (Å²) >= 11 is 0. The molecule has 130 valence electrons. The predicted molar refractivity (Wildman–Crippen MR) is 95.6 cm³/mol. The molecule has 0 aliphatic heterocycles. The zero-order valence-electron chi connectivity index (χ0n) is 14.9. The number of rotatable bonds is 7. The van der Waals surface area contributed by atoms with Gasteiger partial charge in [0.1, 0.15) is 5.82 Å². The first-order valence-corrected chi connectivity index (χ1v) is 8.29. The van der Waals surface area contributed by atoms with Crippen LogP contribution < -0.4 is 5.73 Å². The molecule has 0 spiro atoms. The number of aromatic nitrogens is 1. The van der Waals surface area contributed by atoms with E-state index in [0.29, 0.717) is 11.1 Å². The second kappa shape index (κ2) is 7.62. The van der Waals surface area contributed by atoms with Crippen LogP contribution in [0, 0.1) is 12.7 Å². The van der Waals surface area contributed by atoms with E-state index >= 15 is 0 Å². The Labute approximate surface area is 143 Å². The van der Waals surface area contributed by atoms with Crippen molar-refractivity contribution in [1.82, 2.24) is 9.47 Å². The Morgan fingerprint density at radius 2 is 2.04 bits per heavy atom. The lowest BCUT2D eigenvalue weighted by molar-refractivity contribution is 0.1000. The third-order valence-corrected chi connectivity index (χ3v) is 4.31. The van der Waals surface area contributed by atoms with Crippen molar-refractivity contribution in [2.45, 2.75) is 33.2 Å². The van der Waals surface area contributed by atoms with Crippen LogP contribution in [0.2, 0.25) is 0 Å². The fourth-order valence-corrected chi connectivity index (χ4v) is 3.27. The molecule has 0 saturated carbocycles. The minimum absolute atomic E-state index is 0.317. The molecule has 0 radical (unpaired) electrons. The van der Waals surface area contributed by atoms with Crippen LogP contribution in [-0.4, -0.2) is 36.0 Å². The number of benzene rings is 1. The molecular weight excluding hydrogens is 305 g/mol. The van der Waals surface area contributed by atoms with Crippen molar-refractivity contribution < 1.29 is 9.18 Å². The molecule has 0 bridgehead atoms. The summed E-state index contributed by atoms with van der Waals surface area (Å²) in [6.07, 6.45) is 1.72. The summed E-state index contributed by atoms with van der Waals surface area (Å²) in [5, 5.41) is 0. The van der Waals surface area contributed by atoms with Gasteiger partial charge in [0.15, 0.2) is 0 Å². The van der Waals surface area contributed by atoms with Crippen LogP contribution >= 0.6 is 0 Å². The lowest BCUT2D eigenvalue weighted by Crippen LogP contribution is -2.17. The molecule has 4 nitrogen and oxygen atoms in total. The van der Waals surface area contributed by atoms with Gasteiger partial charge in [-0.1, -0.05) is 19.1 Å². The van der Waals surface area contributed by atoms with Crippen LogP contribution in [-0.2, 0) is 13.0 Å². The van der Waals surface area contributed by atoms with Gasteiger partial charge in [0.25, 0.3) is 5.91 Å². The largest absolute Gasteiger partial charge is 0.366 e. The molecule has 2 N–H and O–H groups in total. The van der Waals surface area contributed by atoms with E-state index in [1.165, 1.54) is 12.1 Å². The van der Waals surface area contributed by atoms with E-state index < -0.39 is 5.91 Å². The average Bonchev–Trinajstić information content (AvgIpc) is 2.79. The quantitative estimate of drug-likeness (QED) is 0.847. The number of halogens is 1. The van der Waals surface area contributed by atoms with Crippen molar-refractivity contribution in [2.75, 3.05) is 20.6 Å². The molecule has 2 aromatic rings. The molecule has 2 rings (SSSR count). The third kappa shape index (κ3) is 3.67. The number of nitrogens with zero attached hydrogens (tertiary/aromatic N) is 2. The zero-order valence-corrected chi connectivity index (χ0v) is 14.9. The Morgan fingerprint density at radius 1 is 1.33 bits per heavy atom. The Morgan fingerprint density at radius 3 is 2.58 bits per heavy atom. The molecule has 24 heavy (non-hydrogen) atoms. The Hall–Kier alpha value is -2.14. The summed E-state index contributed by atoms with van der Waals surface area (Å²) in [5.74, 6) is -0.782. The highest BCUT2D eigenvalue weighted by molar-refractivity contribution is 6.02. The van der Waals surface area contributed by atoms with Crippen LogP contribution in [0.15, 0.2) is 24.3 Å². The van der Waals surface area contributed by atoms with E-state index in [9.17, 15) is 9.18 Å². The van der Waals surface area contributed by atoms with Crippen molar-refractivity contribution in [1.29, 1.82) is 0 Å². The lowest BCUT2D eigenvalue weighted by atomic mass is 9.99. The number of carbonyl (C=O) groups is 1. The monoisotopic (exact) mass is 331 g/mol. The highest BCUT2D eigenvalue weighted by Crippen LogP contribution is 2.33. The highest BCUT2D eigenvalue weighted by Gasteiger charge is 2.23. The Balaban J connectivity index is 2.58. The summed E-state index contributed by atoms with van der Waals surface area (Å²) in [7, 11) is 4.08. The van der Waals surface area contributed by atoms with Crippen LogP contribution in [0.25, 0.3) is 11.1 Å². The van der Waals surface area contributed by atoms with Gasteiger partial charge >= 0.3 is 0 Å². The first-order chi connectivity index (χ1) is 11.4. The number of hydrogen-bond acceptors (Lipinski definition) is 2. The molecule has 0 aliphatic rings. The highest BCUT2D eigenvalue weighted by atomic mass is 19.1. The minimum atomic E-state index is -0.465. The van der Waals surface area contributed by atoms with Crippen molar-refractivity contribution in [3.05, 3.63) is 47.0 Å². The summed E-state index contributed by atoms with van der Waals surface area (Å²) in [6.45, 7) is 5.73. The summed E-state index contributed by atoms with van der Waals surface area (Å²) in [6, 6.07) is 6.35. The molecule has 0 fully saturated rings. The van der Waals surface area contributed by atoms with Crippen LogP contribution in [0.5, 0.6) is 0 Å². The SMILES string of the molecule is CCc1c(-c2cccc(F)c2)c(C(N)=O)c(C)n1CCCN(C)C. The van der Waals surface area contributed by atoms with Crippen molar-refractivity contribution in [3.63, 3.8) is 0 Å². The summed E-state index contributed by atoms with van der Waals surface area (Å²) in [5.41, 5.74) is 9.52. The molecular formula is C19H26FN3O. The number of nitrogens with two attached hydrogens (primary N) is 1. The fraction of sp³-hybridized carbons (Fsp3) is 0.421. The minimum Gasteiger partial charge on any atom is -0.366 e. The van der Waals surface area contributed by atoms with Gasteiger partial charge in [-0.2, -0.15) is 0 Å². The Kier molecular flexibility index (Phi) is 5.78. The van der Waals surface area contributed by atoms with Gasteiger partial charge in [0.2, 0.25) is 0 Å². The van der Waals surface area contributed by atoms with Gasteiger partial charge in [0.05, 0.1) is 5.56 Å². The number of primary amides is 1. The molecule has 1 heterocycles. The van der Waals surface area contributed by atoms with Crippen molar-refractivity contribution in [3.8, 4) is 11.1 Å².